The summed E-state index contributed by atoms with van der Waals surface area (Å²) in [6.07, 6.45) is 3.55. The molecule has 1 amide bonds. The average Bonchev–Trinajstić information content (AvgIpc) is 3.14. The van der Waals surface area contributed by atoms with Crippen LogP contribution in [-0.2, 0) is 0 Å². The van der Waals surface area contributed by atoms with Crippen molar-refractivity contribution in [1.82, 2.24) is 15.2 Å². The van der Waals surface area contributed by atoms with Gasteiger partial charge in [-0.3, -0.25) is 9.78 Å². The molecule has 1 atom stereocenters. The van der Waals surface area contributed by atoms with Crippen molar-refractivity contribution in [3.05, 3.63) is 54.4 Å². The first kappa shape index (κ1) is 16.5. The minimum absolute atomic E-state index is 0.0240. The molecule has 1 aromatic carbocycles. The van der Waals surface area contributed by atoms with Gasteiger partial charge in [-0.2, -0.15) is 0 Å². The van der Waals surface area contributed by atoms with E-state index in [1.807, 2.05) is 35.2 Å². The van der Waals surface area contributed by atoms with Gasteiger partial charge in [-0.15, -0.1) is 0 Å². The van der Waals surface area contributed by atoms with Crippen molar-refractivity contribution in [2.45, 2.75) is 25.8 Å². The van der Waals surface area contributed by atoms with E-state index in [0.717, 1.165) is 38.2 Å². The molecule has 1 fully saturated rings. The van der Waals surface area contributed by atoms with E-state index in [4.69, 9.17) is 4.74 Å². The number of aromatic nitrogens is 1. The van der Waals surface area contributed by atoms with Crippen molar-refractivity contribution in [1.29, 1.82) is 0 Å². The molecule has 0 spiro atoms. The first-order valence-corrected chi connectivity index (χ1v) is 8.48. The number of pyridine rings is 1. The second-order valence-corrected chi connectivity index (χ2v) is 5.94. The molecule has 1 aliphatic heterocycles. The number of nitrogens with zero attached hydrogens (tertiary/aromatic N) is 2. The van der Waals surface area contributed by atoms with Crippen LogP contribution in [0.25, 0.3) is 0 Å². The third-order valence-corrected chi connectivity index (χ3v) is 4.13. The van der Waals surface area contributed by atoms with Gasteiger partial charge in [-0.25, -0.2) is 0 Å². The largest absolute Gasteiger partial charge is 0.457 e. The minimum atomic E-state index is -0.0240. The Labute approximate surface area is 142 Å². The Morgan fingerprint density at radius 3 is 2.83 bits per heavy atom. The summed E-state index contributed by atoms with van der Waals surface area (Å²) in [5, 5.41) is 3.32. The highest BCUT2D eigenvalue weighted by Gasteiger charge is 2.27. The standard InChI is InChI=1S/C19H23N3O2/c1-2-12-22(15-8-10-20-14-15)19(23)18-13-17(9-11-21-18)24-16-6-4-3-5-7-16/h3-7,9,11,13,15,20H,2,8,10,12,14H2,1H3. The van der Waals surface area contributed by atoms with Crippen LogP contribution >= 0.6 is 0 Å². The van der Waals surface area contributed by atoms with Crippen LogP contribution < -0.4 is 10.1 Å². The van der Waals surface area contributed by atoms with Crippen LogP contribution in [0.3, 0.4) is 0 Å². The Balaban J connectivity index is 1.77. The van der Waals surface area contributed by atoms with Gasteiger partial charge in [0, 0.05) is 31.4 Å². The molecule has 1 N–H and O–H groups in total. The molecule has 0 saturated carbocycles. The van der Waals surface area contributed by atoms with Crippen molar-refractivity contribution >= 4 is 5.91 Å². The van der Waals surface area contributed by atoms with E-state index in [2.05, 4.69) is 17.2 Å². The second kappa shape index (κ2) is 7.93. The zero-order valence-corrected chi connectivity index (χ0v) is 13.9. The van der Waals surface area contributed by atoms with Gasteiger partial charge in [0.05, 0.1) is 0 Å². The topological polar surface area (TPSA) is 54.5 Å². The summed E-state index contributed by atoms with van der Waals surface area (Å²) in [5.74, 6) is 1.34. The maximum absolute atomic E-state index is 12.9. The molecule has 0 aliphatic carbocycles. The van der Waals surface area contributed by atoms with E-state index >= 15 is 0 Å². The van der Waals surface area contributed by atoms with Crippen LogP contribution in [0.1, 0.15) is 30.3 Å². The SMILES string of the molecule is CCCN(C(=O)c1cc(Oc2ccccc2)ccn1)C1CCNC1. The molecule has 3 rings (SSSR count). The quantitative estimate of drug-likeness (QED) is 0.887. The third-order valence-electron chi connectivity index (χ3n) is 4.13. The van der Waals surface area contributed by atoms with Gasteiger partial charge >= 0.3 is 0 Å². The van der Waals surface area contributed by atoms with Gasteiger partial charge < -0.3 is 15.0 Å². The highest BCUT2D eigenvalue weighted by Crippen LogP contribution is 2.22. The lowest BCUT2D eigenvalue weighted by atomic mass is 10.2. The van der Waals surface area contributed by atoms with Crippen LogP contribution in [0, 0.1) is 0 Å². The van der Waals surface area contributed by atoms with Crippen molar-refractivity contribution in [3.63, 3.8) is 0 Å². The van der Waals surface area contributed by atoms with Crippen molar-refractivity contribution < 1.29 is 9.53 Å². The Bertz CT molecular complexity index is 669. The molecule has 2 heterocycles. The molecule has 1 aromatic heterocycles. The van der Waals surface area contributed by atoms with Crippen LogP contribution in [0.5, 0.6) is 11.5 Å². The van der Waals surface area contributed by atoms with Crippen molar-refractivity contribution in [3.8, 4) is 11.5 Å². The predicted molar refractivity (Wildman–Crippen MR) is 93.4 cm³/mol. The first-order valence-electron chi connectivity index (χ1n) is 8.48. The predicted octanol–water partition coefficient (Wildman–Crippen LogP) is 3.09. The van der Waals surface area contributed by atoms with Gasteiger partial charge in [-0.1, -0.05) is 25.1 Å². The maximum atomic E-state index is 12.9. The lowest BCUT2D eigenvalue weighted by molar-refractivity contribution is 0.0686. The number of hydrogen-bond acceptors (Lipinski definition) is 4. The lowest BCUT2D eigenvalue weighted by Crippen LogP contribution is -2.42. The van der Waals surface area contributed by atoms with Gasteiger partial charge in [0.25, 0.3) is 5.91 Å². The molecule has 1 aliphatic rings. The van der Waals surface area contributed by atoms with E-state index in [1.165, 1.54) is 0 Å². The lowest BCUT2D eigenvalue weighted by Gasteiger charge is -2.28. The number of carbonyl (C=O) groups is 1. The maximum Gasteiger partial charge on any atom is 0.272 e. The fraction of sp³-hybridized carbons (Fsp3) is 0.368. The summed E-state index contributed by atoms with van der Waals surface area (Å²) in [5.41, 5.74) is 0.434. The molecule has 5 nitrogen and oxygen atoms in total. The van der Waals surface area contributed by atoms with Crippen LogP contribution in [0.4, 0.5) is 0 Å². The van der Waals surface area contributed by atoms with Crippen LogP contribution in [-0.4, -0.2) is 41.5 Å². The summed E-state index contributed by atoms with van der Waals surface area (Å²) in [4.78, 5) is 19.1. The van der Waals surface area contributed by atoms with Crippen molar-refractivity contribution in [2.24, 2.45) is 0 Å². The zero-order valence-electron chi connectivity index (χ0n) is 13.9. The molecule has 126 valence electrons. The first-order chi connectivity index (χ1) is 11.8. The number of hydrogen-bond donors (Lipinski definition) is 1. The fourth-order valence-electron chi connectivity index (χ4n) is 2.96. The number of amides is 1. The number of nitrogens with one attached hydrogen (secondary N) is 1. The summed E-state index contributed by atoms with van der Waals surface area (Å²) < 4.78 is 5.81. The summed E-state index contributed by atoms with van der Waals surface area (Å²) >= 11 is 0. The minimum Gasteiger partial charge on any atom is -0.457 e. The second-order valence-electron chi connectivity index (χ2n) is 5.94. The highest BCUT2D eigenvalue weighted by atomic mass is 16.5. The van der Waals surface area contributed by atoms with Crippen LogP contribution in [0.2, 0.25) is 0 Å². The third kappa shape index (κ3) is 3.92. The average molecular weight is 325 g/mol. The van der Waals surface area contributed by atoms with E-state index in [0.29, 0.717) is 11.4 Å². The van der Waals surface area contributed by atoms with Gasteiger partial charge in [0.15, 0.2) is 0 Å². The normalized spacial score (nSPS) is 16.8. The van der Waals surface area contributed by atoms with Crippen molar-refractivity contribution in [2.75, 3.05) is 19.6 Å². The summed E-state index contributed by atoms with van der Waals surface area (Å²) in [6.45, 7) is 4.65. The molecule has 0 radical (unpaired) electrons. The van der Waals surface area contributed by atoms with E-state index in [1.54, 1.807) is 18.3 Å². The summed E-state index contributed by atoms with van der Waals surface area (Å²) in [7, 11) is 0. The smallest absolute Gasteiger partial charge is 0.272 e. The fourth-order valence-corrected chi connectivity index (χ4v) is 2.96. The molecule has 5 heteroatoms. The number of carbonyl (C=O) groups excluding carboxylic acids is 1. The molecule has 24 heavy (non-hydrogen) atoms. The molecule has 1 unspecified atom stereocenters. The number of rotatable bonds is 6. The van der Waals surface area contributed by atoms with Crippen LogP contribution in [0.15, 0.2) is 48.7 Å². The molecule has 1 saturated heterocycles. The van der Waals surface area contributed by atoms with E-state index in [9.17, 15) is 4.79 Å². The number of benzene rings is 1. The molecule has 2 aromatic rings. The van der Waals surface area contributed by atoms with Gasteiger partial charge in [0.2, 0.25) is 0 Å². The van der Waals surface area contributed by atoms with Gasteiger partial charge in [-0.05, 0) is 37.6 Å². The Morgan fingerprint density at radius 1 is 1.29 bits per heavy atom. The molecular weight excluding hydrogens is 302 g/mol. The Morgan fingerprint density at radius 2 is 2.12 bits per heavy atom. The number of ether oxygens (including phenoxy) is 1. The Kier molecular flexibility index (Phi) is 5.43. The Hall–Kier alpha value is -2.40. The monoisotopic (exact) mass is 325 g/mol. The number of para-hydroxylation sites is 1. The summed E-state index contributed by atoms with van der Waals surface area (Å²) in [6, 6.07) is 13.3. The van der Waals surface area contributed by atoms with Gasteiger partial charge in [0.1, 0.15) is 17.2 Å². The molecule has 0 bridgehead atoms. The van der Waals surface area contributed by atoms with E-state index < -0.39 is 0 Å². The highest BCUT2D eigenvalue weighted by molar-refractivity contribution is 5.93. The zero-order chi connectivity index (χ0) is 16.8. The molecular formula is C19H23N3O2. The van der Waals surface area contributed by atoms with E-state index in [-0.39, 0.29) is 11.9 Å².